The molecule has 2 aromatic rings. The van der Waals surface area contributed by atoms with E-state index in [1.165, 1.54) is 0 Å². The van der Waals surface area contributed by atoms with E-state index in [1.54, 1.807) is 0 Å². The van der Waals surface area contributed by atoms with Crippen LogP contribution >= 0.6 is 0 Å². The molecule has 1 atom stereocenters. The van der Waals surface area contributed by atoms with Crippen LogP contribution in [-0.2, 0) is 9.53 Å². The van der Waals surface area contributed by atoms with Gasteiger partial charge in [0.1, 0.15) is 11.6 Å². The van der Waals surface area contributed by atoms with Gasteiger partial charge in [-0.1, -0.05) is 60.7 Å². The lowest BCUT2D eigenvalue weighted by Crippen LogP contribution is -2.43. The number of benzene rings is 2. The zero-order valence-electron chi connectivity index (χ0n) is 15.9. The molecule has 0 aliphatic carbocycles. The molecule has 4 heteroatoms. The molecule has 2 aromatic carbocycles. The Morgan fingerprint density at radius 2 is 1.50 bits per heavy atom. The minimum atomic E-state index is -0.519. The van der Waals surface area contributed by atoms with Gasteiger partial charge < -0.3 is 10.5 Å². The first kappa shape index (κ1) is 20.1. The van der Waals surface area contributed by atoms with Gasteiger partial charge >= 0.3 is 5.97 Å². The number of rotatable bonds is 8. The highest BCUT2D eigenvalue weighted by Gasteiger charge is 2.28. The quantitative estimate of drug-likeness (QED) is 0.708. The van der Waals surface area contributed by atoms with Crippen LogP contribution in [0.5, 0.6) is 0 Å². The SMILES string of the molecule is CC(C)(C)OC(=O)[C@H](CCCN)NC(c1ccccc1)c1ccccc1. The molecule has 0 aliphatic heterocycles. The number of hydrogen-bond acceptors (Lipinski definition) is 4. The Hall–Kier alpha value is -2.17. The zero-order chi connectivity index (χ0) is 19.0. The molecule has 0 saturated heterocycles. The maximum Gasteiger partial charge on any atom is 0.323 e. The molecule has 0 unspecified atom stereocenters. The van der Waals surface area contributed by atoms with E-state index >= 15 is 0 Å². The average molecular weight is 354 g/mol. The molecular weight excluding hydrogens is 324 g/mol. The summed E-state index contributed by atoms with van der Waals surface area (Å²) in [7, 11) is 0. The summed E-state index contributed by atoms with van der Waals surface area (Å²) >= 11 is 0. The van der Waals surface area contributed by atoms with Crippen molar-refractivity contribution in [3.05, 3.63) is 71.8 Å². The molecule has 0 aliphatic rings. The lowest BCUT2D eigenvalue weighted by molar-refractivity contribution is -0.157. The molecule has 3 N–H and O–H groups in total. The molecule has 0 amide bonds. The van der Waals surface area contributed by atoms with Crippen molar-refractivity contribution < 1.29 is 9.53 Å². The van der Waals surface area contributed by atoms with Crippen molar-refractivity contribution in [2.24, 2.45) is 5.73 Å². The predicted molar refractivity (Wildman–Crippen MR) is 106 cm³/mol. The molecule has 26 heavy (non-hydrogen) atoms. The first-order chi connectivity index (χ1) is 12.4. The van der Waals surface area contributed by atoms with Gasteiger partial charge in [0.15, 0.2) is 0 Å². The minimum Gasteiger partial charge on any atom is -0.459 e. The van der Waals surface area contributed by atoms with Crippen molar-refractivity contribution in [1.29, 1.82) is 0 Å². The van der Waals surface area contributed by atoms with Crippen molar-refractivity contribution in [2.45, 2.75) is 51.3 Å². The molecular formula is C22H30N2O2. The van der Waals surface area contributed by atoms with Crippen LogP contribution in [0.4, 0.5) is 0 Å². The van der Waals surface area contributed by atoms with Crippen molar-refractivity contribution >= 4 is 5.97 Å². The van der Waals surface area contributed by atoms with Crippen LogP contribution in [0.2, 0.25) is 0 Å². The van der Waals surface area contributed by atoms with Gasteiger partial charge in [0.25, 0.3) is 0 Å². The molecule has 0 spiro atoms. The summed E-state index contributed by atoms with van der Waals surface area (Å²) in [6.45, 7) is 6.20. The smallest absolute Gasteiger partial charge is 0.323 e. The van der Waals surface area contributed by atoms with Crippen molar-refractivity contribution in [3.8, 4) is 0 Å². The molecule has 0 fully saturated rings. The molecule has 4 nitrogen and oxygen atoms in total. The van der Waals surface area contributed by atoms with Gasteiger partial charge in [-0.2, -0.15) is 0 Å². The molecule has 0 aromatic heterocycles. The van der Waals surface area contributed by atoms with Crippen molar-refractivity contribution in [3.63, 3.8) is 0 Å². The molecule has 0 bridgehead atoms. The number of nitrogens with two attached hydrogens (primary N) is 1. The maximum absolute atomic E-state index is 12.7. The topological polar surface area (TPSA) is 64.3 Å². The largest absolute Gasteiger partial charge is 0.459 e. The second kappa shape index (κ2) is 9.51. The zero-order valence-corrected chi connectivity index (χ0v) is 15.9. The number of carbonyl (C=O) groups is 1. The fourth-order valence-corrected chi connectivity index (χ4v) is 2.84. The highest BCUT2D eigenvalue weighted by atomic mass is 16.6. The van der Waals surface area contributed by atoms with Gasteiger partial charge in [-0.3, -0.25) is 10.1 Å². The summed E-state index contributed by atoms with van der Waals surface area (Å²) in [5.41, 5.74) is 7.38. The summed E-state index contributed by atoms with van der Waals surface area (Å²) < 4.78 is 5.63. The van der Waals surface area contributed by atoms with Crippen LogP contribution < -0.4 is 11.1 Å². The Labute approximate surface area is 156 Å². The van der Waals surface area contributed by atoms with Gasteiger partial charge in [0, 0.05) is 0 Å². The number of ether oxygens (including phenoxy) is 1. The summed E-state index contributed by atoms with van der Waals surface area (Å²) in [6, 6.07) is 19.8. The third-order valence-corrected chi connectivity index (χ3v) is 4.02. The predicted octanol–water partition coefficient (Wildman–Crippen LogP) is 3.81. The van der Waals surface area contributed by atoms with E-state index in [2.05, 4.69) is 29.6 Å². The molecule has 2 rings (SSSR count). The Morgan fingerprint density at radius 3 is 1.92 bits per heavy atom. The van der Waals surface area contributed by atoms with Gasteiger partial charge in [0.05, 0.1) is 6.04 Å². The van der Waals surface area contributed by atoms with E-state index in [1.807, 2.05) is 57.2 Å². The van der Waals surface area contributed by atoms with Crippen LogP contribution in [0.25, 0.3) is 0 Å². The van der Waals surface area contributed by atoms with Gasteiger partial charge in [-0.25, -0.2) is 0 Å². The summed E-state index contributed by atoms with van der Waals surface area (Å²) in [6.07, 6.45) is 1.40. The number of nitrogens with one attached hydrogen (secondary N) is 1. The lowest BCUT2D eigenvalue weighted by Gasteiger charge is -2.28. The van der Waals surface area contributed by atoms with E-state index in [4.69, 9.17) is 10.5 Å². The van der Waals surface area contributed by atoms with Crippen molar-refractivity contribution in [2.75, 3.05) is 6.54 Å². The molecule has 140 valence electrons. The van der Waals surface area contributed by atoms with Crippen LogP contribution in [0.1, 0.15) is 50.8 Å². The number of esters is 1. The summed E-state index contributed by atoms with van der Waals surface area (Å²) in [5.74, 6) is -0.234. The average Bonchev–Trinajstić information content (AvgIpc) is 2.62. The third kappa shape index (κ3) is 6.28. The lowest BCUT2D eigenvalue weighted by atomic mass is 9.97. The fourth-order valence-electron chi connectivity index (χ4n) is 2.84. The van der Waals surface area contributed by atoms with Crippen LogP contribution in [0.3, 0.4) is 0 Å². The summed E-state index contributed by atoms with van der Waals surface area (Å²) in [4.78, 5) is 12.7. The maximum atomic E-state index is 12.7. The van der Waals surface area contributed by atoms with Gasteiger partial charge in [-0.05, 0) is 51.3 Å². The second-order valence-electron chi connectivity index (χ2n) is 7.44. The fraction of sp³-hybridized carbons (Fsp3) is 0.409. The standard InChI is InChI=1S/C22H30N2O2/c1-22(2,3)26-21(25)19(15-10-16-23)24-20(17-11-6-4-7-12-17)18-13-8-5-9-14-18/h4-9,11-14,19-20,24H,10,15-16,23H2,1-3H3/t19-/m0/s1. The Morgan fingerprint density at radius 1 is 1.00 bits per heavy atom. The van der Waals surface area contributed by atoms with E-state index in [-0.39, 0.29) is 12.0 Å². The third-order valence-electron chi connectivity index (χ3n) is 4.02. The highest BCUT2D eigenvalue weighted by molar-refractivity contribution is 5.76. The van der Waals surface area contributed by atoms with E-state index in [0.29, 0.717) is 13.0 Å². The normalized spacial score (nSPS) is 12.8. The second-order valence-corrected chi connectivity index (χ2v) is 7.44. The number of hydrogen-bond donors (Lipinski definition) is 2. The molecule has 0 saturated carbocycles. The molecule has 0 radical (unpaired) electrons. The Bertz CT molecular complexity index is 626. The van der Waals surface area contributed by atoms with Crippen molar-refractivity contribution in [1.82, 2.24) is 5.32 Å². The van der Waals surface area contributed by atoms with E-state index in [9.17, 15) is 4.79 Å². The Balaban J connectivity index is 2.28. The van der Waals surface area contributed by atoms with Crippen LogP contribution in [0, 0.1) is 0 Å². The van der Waals surface area contributed by atoms with Crippen LogP contribution in [0.15, 0.2) is 60.7 Å². The minimum absolute atomic E-state index is 0.0901. The highest BCUT2D eigenvalue weighted by Crippen LogP contribution is 2.24. The first-order valence-electron chi connectivity index (χ1n) is 9.19. The van der Waals surface area contributed by atoms with Gasteiger partial charge in [0.2, 0.25) is 0 Å². The Kier molecular flexibility index (Phi) is 7.37. The monoisotopic (exact) mass is 354 g/mol. The molecule has 0 heterocycles. The summed E-state index contributed by atoms with van der Waals surface area (Å²) in [5, 5.41) is 3.51. The van der Waals surface area contributed by atoms with Gasteiger partial charge in [-0.15, -0.1) is 0 Å². The van der Waals surface area contributed by atoms with Crippen LogP contribution in [-0.4, -0.2) is 24.2 Å². The first-order valence-corrected chi connectivity index (χ1v) is 9.19. The van der Waals surface area contributed by atoms with E-state index < -0.39 is 11.6 Å². The number of carbonyl (C=O) groups excluding carboxylic acids is 1. The van der Waals surface area contributed by atoms with E-state index in [0.717, 1.165) is 17.5 Å².